The lowest BCUT2D eigenvalue weighted by Gasteiger charge is -2.22. The molecular weight excluding hydrogens is 440 g/mol. The zero-order valence-corrected chi connectivity index (χ0v) is 18.7. The standard InChI is InChI=1S/C23H26N6O5/c1-24-23(33)29-11-7-15-12-16(4-5-19(15)29)34-17-6-8-25-20(13-17)27-22(32)26-18(14-30)21(31)28-9-2-3-10-28/h4-8,11-13,18,30H,2-3,9-10,14H2,1H3,(H,24,33)(H2,25,26,27,32)/t18-/m1/s1. The Morgan fingerprint density at radius 3 is 2.62 bits per heavy atom. The van der Waals surface area contributed by atoms with Gasteiger partial charge >= 0.3 is 12.1 Å². The average Bonchev–Trinajstić information content (AvgIpc) is 3.52. The lowest BCUT2D eigenvalue weighted by molar-refractivity contribution is -0.133. The number of pyridine rings is 1. The van der Waals surface area contributed by atoms with E-state index < -0.39 is 18.7 Å². The Kier molecular flexibility index (Phi) is 6.93. The quantitative estimate of drug-likeness (QED) is 0.439. The van der Waals surface area contributed by atoms with Crippen LogP contribution in [0, 0.1) is 0 Å². The third-order valence-corrected chi connectivity index (χ3v) is 5.51. The van der Waals surface area contributed by atoms with Gasteiger partial charge in [-0.15, -0.1) is 0 Å². The Balaban J connectivity index is 1.40. The molecule has 0 bridgehead atoms. The smallest absolute Gasteiger partial charge is 0.325 e. The second kappa shape index (κ2) is 10.2. The lowest BCUT2D eigenvalue weighted by atomic mass is 10.2. The minimum atomic E-state index is -1.02. The number of carbonyl (C=O) groups is 3. The monoisotopic (exact) mass is 466 g/mol. The third kappa shape index (κ3) is 5.09. The number of rotatable bonds is 6. The van der Waals surface area contributed by atoms with Gasteiger partial charge in [-0.2, -0.15) is 0 Å². The topological polar surface area (TPSA) is 138 Å². The van der Waals surface area contributed by atoms with E-state index in [2.05, 4.69) is 20.9 Å². The number of carbonyl (C=O) groups excluding carboxylic acids is 3. The van der Waals surface area contributed by atoms with Crippen LogP contribution in [0.25, 0.3) is 10.9 Å². The van der Waals surface area contributed by atoms with Crippen LogP contribution in [0.3, 0.4) is 0 Å². The van der Waals surface area contributed by atoms with Crippen molar-refractivity contribution in [3.05, 3.63) is 48.8 Å². The fourth-order valence-corrected chi connectivity index (χ4v) is 3.81. The number of aliphatic hydroxyl groups excluding tert-OH is 1. The summed E-state index contributed by atoms with van der Waals surface area (Å²) in [4.78, 5) is 42.5. The molecule has 11 heteroatoms. The van der Waals surface area contributed by atoms with Crippen LogP contribution in [0.5, 0.6) is 11.5 Å². The molecule has 34 heavy (non-hydrogen) atoms. The Labute approximate surface area is 195 Å². The molecule has 3 aromatic rings. The number of aromatic nitrogens is 2. The number of hydrogen-bond donors (Lipinski definition) is 4. The van der Waals surface area contributed by atoms with Crippen molar-refractivity contribution < 1.29 is 24.2 Å². The highest BCUT2D eigenvalue weighted by atomic mass is 16.5. The second-order valence-corrected chi connectivity index (χ2v) is 7.81. The molecule has 1 aliphatic rings. The summed E-state index contributed by atoms with van der Waals surface area (Å²) in [5.41, 5.74) is 0.738. The number of ether oxygens (including phenoxy) is 1. The van der Waals surface area contributed by atoms with Gasteiger partial charge in [-0.1, -0.05) is 0 Å². The van der Waals surface area contributed by atoms with E-state index in [0.29, 0.717) is 24.6 Å². The molecule has 11 nitrogen and oxygen atoms in total. The minimum Gasteiger partial charge on any atom is -0.457 e. The van der Waals surface area contributed by atoms with Gasteiger partial charge in [-0.3, -0.25) is 14.7 Å². The van der Waals surface area contributed by atoms with Crippen molar-refractivity contribution >= 4 is 34.7 Å². The molecule has 0 saturated carbocycles. The van der Waals surface area contributed by atoms with E-state index in [1.54, 1.807) is 42.4 Å². The number of aliphatic hydroxyl groups is 1. The van der Waals surface area contributed by atoms with Crippen LogP contribution in [0.4, 0.5) is 15.4 Å². The molecule has 1 aromatic carbocycles. The number of amides is 4. The third-order valence-electron chi connectivity index (χ3n) is 5.51. The van der Waals surface area contributed by atoms with Crippen LogP contribution in [0.2, 0.25) is 0 Å². The number of fused-ring (bicyclic) bond motifs is 1. The number of benzene rings is 1. The van der Waals surface area contributed by atoms with E-state index in [1.807, 2.05) is 6.07 Å². The molecule has 1 atom stereocenters. The maximum atomic E-state index is 12.4. The van der Waals surface area contributed by atoms with Gasteiger partial charge < -0.3 is 25.4 Å². The molecule has 1 aliphatic heterocycles. The molecule has 4 rings (SSSR count). The summed E-state index contributed by atoms with van der Waals surface area (Å²) >= 11 is 0. The fourth-order valence-electron chi connectivity index (χ4n) is 3.81. The van der Waals surface area contributed by atoms with Crippen molar-refractivity contribution in [2.45, 2.75) is 18.9 Å². The van der Waals surface area contributed by atoms with Crippen LogP contribution in [0.1, 0.15) is 12.8 Å². The molecule has 0 aliphatic carbocycles. The van der Waals surface area contributed by atoms with E-state index >= 15 is 0 Å². The largest absolute Gasteiger partial charge is 0.457 e. The molecule has 1 saturated heterocycles. The number of anilines is 1. The van der Waals surface area contributed by atoms with Gasteiger partial charge in [0.05, 0.1) is 12.1 Å². The first kappa shape index (κ1) is 23.1. The summed E-state index contributed by atoms with van der Waals surface area (Å²) in [5, 5.41) is 18.0. The van der Waals surface area contributed by atoms with E-state index in [1.165, 1.54) is 16.8 Å². The molecule has 3 heterocycles. The van der Waals surface area contributed by atoms with Crippen molar-refractivity contribution in [2.75, 3.05) is 32.1 Å². The Bertz CT molecular complexity index is 1200. The molecule has 1 fully saturated rings. The van der Waals surface area contributed by atoms with E-state index in [9.17, 15) is 19.5 Å². The van der Waals surface area contributed by atoms with Crippen LogP contribution in [0.15, 0.2) is 48.8 Å². The number of nitrogens with zero attached hydrogens (tertiary/aromatic N) is 3. The highest BCUT2D eigenvalue weighted by Crippen LogP contribution is 2.27. The van der Waals surface area contributed by atoms with E-state index in [-0.39, 0.29) is 17.8 Å². The molecule has 2 aromatic heterocycles. The predicted molar refractivity (Wildman–Crippen MR) is 125 cm³/mol. The van der Waals surface area contributed by atoms with Crippen molar-refractivity contribution in [3.8, 4) is 11.5 Å². The zero-order chi connectivity index (χ0) is 24.1. The maximum Gasteiger partial charge on any atom is 0.325 e. The van der Waals surface area contributed by atoms with Crippen molar-refractivity contribution in [1.82, 2.24) is 25.1 Å². The first-order valence-electron chi connectivity index (χ1n) is 10.9. The predicted octanol–water partition coefficient (Wildman–Crippen LogP) is 2.12. The number of likely N-dealkylation sites (tertiary alicyclic amines) is 1. The molecule has 0 spiro atoms. The summed E-state index contributed by atoms with van der Waals surface area (Å²) in [6.45, 7) is 0.757. The Morgan fingerprint density at radius 2 is 1.88 bits per heavy atom. The van der Waals surface area contributed by atoms with E-state index in [4.69, 9.17) is 4.74 Å². The molecule has 4 amide bonds. The van der Waals surface area contributed by atoms with Gasteiger partial charge in [-0.05, 0) is 43.2 Å². The van der Waals surface area contributed by atoms with Crippen LogP contribution >= 0.6 is 0 Å². The number of hydrogen-bond acceptors (Lipinski definition) is 6. The zero-order valence-electron chi connectivity index (χ0n) is 18.7. The van der Waals surface area contributed by atoms with Gasteiger partial charge in [0.2, 0.25) is 5.91 Å². The molecule has 0 radical (unpaired) electrons. The number of urea groups is 1. The van der Waals surface area contributed by atoms with Crippen molar-refractivity contribution in [3.63, 3.8) is 0 Å². The first-order valence-corrected chi connectivity index (χ1v) is 10.9. The normalized spacial score (nSPS) is 14.0. The van der Waals surface area contributed by atoms with Gasteiger partial charge in [0.25, 0.3) is 0 Å². The van der Waals surface area contributed by atoms with Crippen LogP contribution < -0.4 is 20.7 Å². The summed E-state index contributed by atoms with van der Waals surface area (Å²) in [5.74, 6) is 0.885. The second-order valence-electron chi connectivity index (χ2n) is 7.81. The summed E-state index contributed by atoms with van der Waals surface area (Å²) in [7, 11) is 1.57. The highest BCUT2D eigenvalue weighted by molar-refractivity contribution is 5.94. The SMILES string of the molecule is CNC(=O)n1ccc2cc(Oc3ccnc(NC(=O)N[C@H](CO)C(=O)N4CCCC4)c3)ccc21. The number of nitrogens with one attached hydrogen (secondary N) is 3. The highest BCUT2D eigenvalue weighted by Gasteiger charge is 2.27. The van der Waals surface area contributed by atoms with E-state index in [0.717, 1.165) is 23.7 Å². The average molecular weight is 466 g/mol. The first-order chi connectivity index (χ1) is 16.5. The molecule has 0 unspecified atom stereocenters. The van der Waals surface area contributed by atoms with Gasteiger partial charge in [0.1, 0.15) is 23.4 Å². The van der Waals surface area contributed by atoms with Crippen LogP contribution in [-0.2, 0) is 4.79 Å². The lowest BCUT2D eigenvalue weighted by Crippen LogP contribution is -2.50. The fraction of sp³-hybridized carbons (Fsp3) is 0.304. The minimum absolute atomic E-state index is 0.215. The molecule has 178 valence electrons. The maximum absolute atomic E-state index is 12.4. The summed E-state index contributed by atoms with van der Waals surface area (Å²) in [6.07, 6.45) is 4.98. The Morgan fingerprint density at radius 1 is 1.12 bits per heavy atom. The van der Waals surface area contributed by atoms with Crippen molar-refractivity contribution in [1.29, 1.82) is 0 Å². The Hall–Kier alpha value is -4.12. The van der Waals surface area contributed by atoms with Crippen LogP contribution in [-0.4, -0.2) is 70.3 Å². The molecular formula is C23H26N6O5. The summed E-state index contributed by atoms with van der Waals surface area (Å²) in [6, 6.07) is 8.37. The van der Waals surface area contributed by atoms with Gasteiger partial charge in [-0.25, -0.2) is 14.6 Å². The van der Waals surface area contributed by atoms with Gasteiger partial charge in [0.15, 0.2) is 0 Å². The van der Waals surface area contributed by atoms with Gasteiger partial charge in [0, 0.05) is 44.0 Å². The van der Waals surface area contributed by atoms with Crippen molar-refractivity contribution in [2.24, 2.45) is 0 Å². The molecule has 4 N–H and O–H groups in total. The summed E-state index contributed by atoms with van der Waals surface area (Å²) < 4.78 is 7.39.